The van der Waals surface area contributed by atoms with E-state index in [-0.39, 0.29) is 12.3 Å². The summed E-state index contributed by atoms with van der Waals surface area (Å²) in [4.78, 5) is 16.6. The molecule has 0 fully saturated rings. The zero-order chi connectivity index (χ0) is 19.4. The molecule has 6 nitrogen and oxygen atoms in total. The Balaban J connectivity index is 1.56. The van der Waals surface area contributed by atoms with Crippen LogP contribution in [0.3, 0.4) is 0 Å². The number of benzene rings is 1. The van der Waals surface area contributed by atoms with Gasteiger partial charge >= 0.3 is 0 Å². The Morgan fingerprint density at radius 2 is 1.93 bits per heavy atom. The third kappa shape index (κ3) is 4.64. The summed E-state index contributed by atoms with van der Waals surface area (Å²) in [5.74, 6) is 1.15. The molecule has 0 saturated heterocycles. The van der Waals surface area contributed by atoms with Crippen LogP contribution in [0.2, 0.25) is 10.0 Å². The van der Waals surface area contributed by atoms with E-state index < -0.39 is 0 Å². The number of hydrogen-bond donors (Lipinski definition) is 1. The normalized spacial score (nSPS) is 10.8. The van der Waals surface area contributed by atoms with Crippen molar-refractivity contribution in [3.05, 3.63) is 58.0 Å². The third-order valence-corrected chi connectivity index (χ3v) is 4.52. The fraction of sp³-hybridized carbons (Fsp3) is 0.263. The average Bonchev–Trinajstić information content (AvgIpc) is 3.04. The number of hydrogen-bond acceptors (Lipinski definition) is 4. The molecule has 0 radical (unpaired) electrons. The second kappa shape index (κ2) is 8.50. The molecular formula is C19H19Cl2N3O3. The molecule has 1 amide bonds. The molecule has 3 rings (SSSR count). The first kappa shape index (κ1) is 19.3. The smallest absolute Gasteiger partial charge is 0.224 e. The molecule has 0 saturated carbocycles. The first-order valence-electron chi connectivity index (χ1n) is 8.30. The van der Waals surface area contributed by atoms with Crippen molar-refractivity contribution >= 4 is 34.8 Å². The van der Waals surface area contributed by atoms with Crippen LogP contribution in [0.15, 0.2) is 36.7 Å². The quantitative estimate of drug-likeness (QED) is 0.650. The Morgan fingerprint density at radius 3 is 2.67 bits per heavy atom. The minimum atomic E-state index is -0.0768. The molecule has 8 heteroatoms. The van der Waals surface area contributed by atoms with E-state index >= 15 is 0 Å². The highest BCUT2D eigenvalue weighted by atomic mass is 35.5. The average molecular weight is 408 g/mol. The predicted octanol–water partition coefficient (Wildman–Crippen LogP) is 3.56. The summed E-state index contributed by atoms with van der Waals surface area (Å²) in [5.41, 5.74) is 2.32. The van der Waals surface area contributed by atoms with Crippen molar-refractivity contribution in [2.75, 3.05) is 20.8 Å². The molecular weight excluding hydrogens is 389 g/mol. The molecule has 2 aromatic heterocycles. The summed E-state index contributed by atoms with van der Waals surface area (Å²) in [6, 6.07) is 7.08. The molecule has 0 spiro atoms. The van der Waals surface area contributed by atoms with Gasteiger partial charge in [0.05, 0.1) is 36.4 Å². The number of pyridine rings is 1. The van der Waals surface area contributed by atoms with Crippen molar-refractivity contribution in [2.45, 2.75) is 12.8 Å². The summed E-state index contributed by atoms with van der Waals surface area (Å²) in [7, 11) is 3.14. The van der Waals surface area contributed by atoms with Crippen molar-refractivity contribution in [3.63, 3.8) is 0 Å². The number of methoxy groups -OCH3 is 2. The van der Waals surface area contributed by atoms with Crippen LogP contribution >= 0.6 is 23.2 Å². The molecule has 2 heterocycles. The van der Waals surface area contributed by atoms with Gasteiger partial charge in [0.25, 0.3) is 0 Å². The Morgan fingerprint density at radius 1 is 1.15 bits per heavy atom. The maximum absolute atomic E-state index is 12.2. The monoisotopic (exact) mass is 407 g/mol. The molecule has 3 aromatic rings. The van der Waals surface area contributed by atoms with Gasteiger partial charge in [-0.15, -0.1) is 0 Å². The fourth-order valence-corrected chi connectivity index (χ4v) is 3.29. The van der Waals surface area contributed by atoms with E-state index in [2.05, 4.69) is 10.3 Å². The van der Waals surface area contributed by atoms with Gasteiger partial charge in [-0.05, 0) is 23.8 Å². The zero-order valence-corrected chi connectivity index (χ0v) is 16.5. The summed E-state index contributed by atoms with van der Waals surface area (Å²) in [6.07, 6.45) is 4.45. The number of ether oxygens (including phenoxy) is 2. The number of imidazole rings is 1. The first-order valence-corrected chi connectivity index (χ1v) is 9.06. The van der Waals surface area contributed by atoms with Crippen LogP contribution < -0.4 is 14.8 Å². The highest BCUT2D eigenvalue weighted by Gasteiger charge is 2.10. The van der Waals surface area contributed by atoms with Gasteiger partial charge in [-0.25, -0.2) is 4.98 Å². The third-order valence-electron chi connectivity index (χ3n) is 4.04. The van der Waals surface area contributed by atoms with Crippen LogP contribution in [-0.4, -0.2) is 36.1 Å². The molecule has 27 heavy (non-hydrogen) atoms. The lowest BCUT2D eigenvalue weighted by Gasteiger charge is -2.09. The fourth-order valence-electron chi connectivity index (χ4n) is 2.76. The molecule has 0 aliphatic heterocycles. The van der Waals surface area contributed by atoms with E-state index in [4.69, 9.17) is 32.7 Å². The number of carbonyl (C=O) groups excluding carboxylic acids is 1. The Hall–Kier alpha value is -2.44. The largest absolute Gasteiger partial charge is 0.493 e. The molecule has 1 aromatic carbocycles. The summed E-state index contributed by atoms with van der Waals surface area (Å²) in [5, 5.41) is 3.93. The number of rotatable bonds is 7. The summed E-state index contributed by atoms with van der Waals surface area (Å²) < 4.78 is 12.2. The van der Waals surface area contributed by atoms with E-state index in [1.165, 1.54) is 0 Å². The SMILES string of the molecule is COc1ccc(CC(=O)NCCc2cn3cc(Cl)cc(Cl)c3n2)cc1OC. The van der Waals surface area contributed by atoms with Crippen molar-refractivity contribution in [3.8, 4) is 11.5 Å². The molecule has 0 bridgehead atoms. The Kier molecular flexibility index (Phi) is 6.08. The topological polar surface area (TPSA) is 64.9 Å². The number of aromatic nitrogens is 2. The van der Waals surface area contributed by atoms with Gasteiger partial charge in [0.1, 0.15) is 0 Å². The molecule has 0 atom stereocenters. The van der Waals surface area contributed by atoms with Crippen molar-refractivity contribution in [1.82, 2.24) is 14.7 Å². The van der Waals surface area contributed by atoms with Crippen LogP contribution in [0.1, 0.15) is 11.3 Å². The van der Waals surface area contributed by atoms with Crippen LogP contribution in [0.5, 0.6) is 11.5 Å². The van der Waals surface area contributed by atoms with Crippen molar-refractivity contribution in [1.29, 1.82) is 0 Å². The number of fused-ring (bicyclic) bond motifs is 1. The molecule has 142 valence electrons. The lowest BCUT2D eigenvalue weighted by molar-refractivity contribution is -0.120. The van der Waals surface area contributed by atoms with Crippen LogP contribution in [0.4, 0.5) is 0 Å². The van der Waals surface area contributed by atoms with Crippen molar-refractivity contribution in [2.24, 2.45) is 0 Å². The molecule has 0 aliphatic carbocycles. The number of amides is 1. The van der Waals surface area contributed by atoms with E-state index in [0.29, 0.717) is 40.2 Å². The molecule has 0 unspecified atom stereocenters. The maximum Gasteiger partial charge on any atom is 0.224 e. The Bertz CT molecular complexity index is 972. The predicted molar refractivity (Wildman–Crippen MR) is 105 cm³/mol. The highest BCUT2D eigenvalue weighted by molar-refractivity contribution is 6.36. The van der Waals surface area contributed by atoms with Gasteiger partial charge in [0, 0.05) is 25.4 Å². The van der Waals surface area contributed by atoms with Gasteiger partial charge in [0.2, 0.25) is 5.91 Å². The number of nitrogens with zero attached hydrogens (tertiary/aromatic N) is 2. The molecule has 0 aliphatic rings. The maximum atomic E-state index is 12.2. The number of carbonyl (C=O) groups is 1. The van der Waals surface area contributed by atoms with Gasteiger partial charge in [-0.2, -0.15) is 0 Å². The van der Waals surface area contributed by atoms with E-state index in [0.717, 1.165) is 11.3 Å². The summed E-state index contributed by atoms with van der Waals surface area (Å²) in [6.45, 7) is 0.474. The standard InChI is InChI=1S/C19H19Cl2N3O3/c1-26-16-4-3-12(7-17(16)27-2)8-18(25)22-6-5-14-11-24-10-13(20)9-15(21)19(24)23-14/h3-4,7,9-11H,5-6,8H2,1-2H3,(H,22,25). The highest BCUT2D eigenvalue weighted by Crippen LogP contribution is 2.27. The zero-order valence-electron chi connectivity index (χ0n) is 15.0. The minimum Gasteiger partial charge on any atom is -0.493 e. The molecule has 1 N–H and O–H groups in total. The van der Waals surface area contributed by atoms with Gasteiger partial charge in [-0.1, -0.05) is 29.3 Å². The minimum absolute atomic E-state index is 0.0768. The van der Waals surface area contributed by atoms with Crippen LogP contribution in [0, 0.1) is 0 Å². The lowest BCUT2D eigenvalue weighted by Crippen LogP contribution is -2.27. The Labute approximate surface area is 167 Å². The van der Waals surface area contributed by atoms with Crippen molar-refractivity contribution < 1.29 is 14.3 Å². The first-order chi connectivity index (χ1) is 13.0. The number of halogens is 2. The van der Waals surface area contributed by atoms with Gasteiger partial charge < -0.3 is 19.2 Å². The van der Waals surface area contributed by atoms with E-state index in [1.807, 2.05) is 12.3 Å². The lowest BCUT2D eigenvalue weighted by atomic mass is 10.1. The van der Waals surface area contributed by atoms with Gasteiger partial charge in [0.15, 0.2) is 17.1 Å². The van der Waals surface area contributed by atoms with E-state index in [1.54, 1.807) is 43.0 Å². The second-order valence-electron chi connectivity index (χ2n) is 5.94. The number of nitrogens with one attached hydrogen (secondary N) is 1. The van der Waals surface area contributed by atoms with Gasteiger partial charge in [-0.3, -0.25) is 4.79 Å². The second-order valence-corrected chi connectivity index (χ2v) is 6.78. The van der Waals surface area contributed by atoms with Crippen LogP contribution in [0.25, 0.3) is 5.65 Å². The van der Waals surface area contributed by atoms with Crippen LogP contribution in [-0.2, 0) is 17.6 Å². The summed E-state index contributed by atoms with van der Waals surface area (Å²) >= 11 is 12.1. The van der Waals surface area contributed by atoms with E-state index in [9.17, 15) is 4.79 Å².